The number of esters is 1. The van der Waals surface area contributed by atoms with Gasteiger partial charge in [0, 0.05) is 5.03 Å². The van der Waals surface area contributed by atoms with Gasteiger partial charge in [0.15, 0.2) is 18.8 Å². The van der Waals surface area contributed by atoms with Gasteiger partial charge >= 0.3 is 5.97 Å². The number of hydrogen-bond donors (Lipinski definition) is 0. The van der Waals surface area contributed by atoms with E-state index < -0.39 is 5.97 Å². The molecule has 0 amide bonds. The molecule has 0 spiro atoms. The fraction of sp³-hybridized carbons (Fsp3) is 0.231. The van der Waals surface area contributed by atoms with E-state index in [1.165, 1.54) is 19.7 Å². The van der Waals surface area contributed by atoms with E-state index in [1.54, 1.807) is 19.1 Å². The van der Waals surface area contributed by atoms with Gasteiger partial charge in [0.05, 0.1) is 18.9 Å². The Morgan fingerprint density at radius 1 is 1.58 bits per heavy atom. The number of hydrogen-bond acceptors (Lipinski definition) is 5. The lowest BCUT2D eigenvalue weighted by atomic mass is 10.1. The molecule has 0 aliphatic rings. The van der Waals surface area contributed by atoms with Gasteiger partial charge in [-0.15, -0.1) is 0 Å². The maximum absolute atomic E-state index is 11.0. The van der Waals surface area contributed by atoms with Crippen molar-refractivity contribution in [2.45, 2.75) is 6.92 Å². The first-order valence-electron chi connectivity index (χ1n) is 5.36. The Bertz CT molecular complexity index is 499. The Morgan fingerprint density at radius 3 is 2.84 bits per heavy atom. The van der Waals surface area contributed by atoms with Crippen LogP contribution < -0.4 is 0 Å². The molecular weight excluding hydrogens is 270 g/mol. The number of carbonyl (C=O) groups excluding carboxylic acids is 1. The highest BCUT2D eigenvalue weighted by molar-refractivity contribution is 6.29. The number of oxazole rings is 1. The molecule has 1 aromatic rings. The summed E-state index contributed by atoms with van der Waals surface area (Å²) in [5.74, 6) is 0.225. The van der Waals surface area contributed by atoms with Crippen molar-refractivity contribution in [3.05, 3.63) is 47.9 Å². The molecule has 0 N–H and O–H groups in total. The van der Waals surface area contributed by atoms with Crippen LogP contribution in [0.1, 0.15) is 12.7 Å². The molecule has 1 aromatic heterocycles. The number of aromatic nitrogens is 1. The van der Waals surface area contributed by atoms with Crippen LogP contribution in [0.4, 0.5) is 0 Å². The third kappa shape index (κ3) is 5.01. The monoisotopic (exact) mass is 283 g/mol. The summed E-state index contributed by atoms with van der Waals surface area (Å²) >= 11 is 5.76. The van der Waals surface area contributed by atoms with Crippen LogP contribution in [0.25, 0.3) is 5.57 Å². The molecule has 102 valence electrons. The summed E-state index contributed by atoms with van der Waals surface area (Å²) in [6, 6.07) is 0. The standard InChI is InChI=1S/C13H14ClNO4/c1-9(14)4-5-11(12-6-15-8-19-12)10(2)18-7-13(16)17-3/h4-6,8H,2,7H2,1,3H3/b9-4+,11-5+. The smallest absolute Gasteiger partial charge is 0.343 e. The molecule has 0 aliphatic carbocycles. The minimum atomic E-state index is -0.498. The van der Waals surface area contributed by atoms with Crippen molar-refractivity contribution in [1.29, 1.82) is 0 Å². The number of carbonyl (C=O) groups is 1. The van der Waals surface area contributed by atoms with Gasteiger partial charge in [-0.25, -0.2) is 9.78 Å². The SMILES string of the molecule is C=C(OCC(=O)OC)/C(=C\C=C(/C)Cl)c1cnco1. The number of methoxy groups -OCH3 is 1. The first-order valence-corrected chi connectivity index (χ1v) is 5.74. The Labute approximate surface area is 116 Å². The molecule has 0 atom stereocenters. The van der Waals surface area contributed by atoms with Crippen LogP contribution in [0.3, 0.4) is 0 Å². The summed E-state index contributed by atoms with van der Waals surface area (Å²) in [4.78, 5) is 14.8. The van der Waals surface area contributed by atoms with Crippen molar-refractivity contribution in [2.24, 2.45) is 0 Å². The summed E-state index contributed by atoms with van der Waals surface area (Å²) in [6.07, 6.45) is 6.12. The first kappa shape index (κ1) is 15.0. The zero-order valence-electron chi connectivity index (χ0n) is 10.7. The van der Waals surface area contributed by atoms with Gasteiger partial charge < -0.3 is 13.9 Å². The maximum Gasteiger partial charge on any atom is 0.343 e. The van der Waals surface area contributed by atoms with Gasteiger partial charge in [-0.05, 0) is 19.1 Å². The van der Waals surface area contributed by atoms with Crippen LogP contribution in [0, 0.1) is 0 Å². The molecule has 19 heavy (non-hydrogen) atoms. The molecule has 0 aromatic carbocycles. The third-order valence-electron chi connectivity index (χ3n) is 2.07. The molecule has 1 heterocycles. The highest BCUT2D eigenvalue weighted by Gasteiger charge is 2.12. The highest BCUT2D eigenvalue weighted by Crippen LogP contribution is 2.23. The van der Waals surface area contributed by atoms with Gasteiger partial charge in [-0.1, -0.05) is 18.2 Å². The predicted molar refractivity (Wildman–Crippen MR) is 71.2 cm³/mol. The second kappa shape index (κ2) is 7.43. The fourth-order valence-corrected chi connectivity index (χ4v) is 1.21. The van der Waals surface area contributed by atoms with Crippen molar-refractivity contribution in [2.75, 3.05) is 13.7 Å². The minimum absolute atomic E-state index is 0.232. The molecule has 5 nitrogen and oxygen atoms in total. The predicted octanol–water partition coefficient (Wildman–Crippen LogP) is 2.90. The average molecular weight is 284 g/mol. The summed E-state index contributed by atoms with van der Waals surface area (Å²) < 4.78 is 14.9. The molecule has 1 rings (SSSR count). The number of ether oxygens (including phenoxy) is 2. The van der Waals surface area contributed by atoms with Gasteiger partial charge in [-0.3, -0.25) is 0 Å². The summed E-state index contributed by atoms with van der Waals surface area (Å²) in [7, 11) is 1.28. The Kier molecular flexibility index (Phi) is 5.89. The van der Waals surface area contributed by atoms with E-state index in [9.17, 15) is 4.79 Å². The zero-order chi connectivity index (χ0) is 14.3. The van der Waals surface area contributed by atoms with Crippen LogP contribution >= 0.6 is 11.6 Å². The van der Waals surface area contributed by atoms with Crippen LogP contribution in [0.5, 0.6) is 0 Å². The van der Waals surface area contributed by atoms with Crippen molar-refractivity contribution < 1.29 is 18.7 Å². The molecule has 0 saturated heterocycles. The number of nitrogens with zero attached hydrogens (tertiary/aromatic N) is 1. The Balaban J connectivity index is 2.86. The van der Waals surface area contributed by atoms with Gasteiger partial charge in [0.25, 0.3) is 0 Å². The zero-order valence-corrected chi connectivity index (χ0v) is 11.4. The lowest BCUT2D eigenvalue weighted by Gasteiger charge is -2.09. The molecule has 6 heteroatoms. The first-order chi connectivity index (χ1) is 9.04. The van der Waals surface area contributed by atoms with E-state index in [4.69, 9.17) is 20.8 Å². The molecule has 0 fully saturated rings. The molecule has 0 unspecified atom stereocenters. The summed E-state index contributed by atoms with van der Waals surface area (Å²) in [6.45, 7) is 5.24. The number of rotatable bonds is 6. The van der Waals surface area contributed by atoms with Crippen molar-refractivity contribution in [1.82, 2.24) is 4.98 Å². The Hall–Kier alpha value is -2.01. The van der Waals surface area contributed by atoms with Crippen LogP contribution in [0.2, 0.25) is 0 Å². The summed E-state index contributed by atoms with van der Waals surface area (Å²) in [5.41, 5.74) is 0.543. The maximum atomic E-state index is 11.0. The van der Waals surface area contributed by atoms with Crippen molar-refractivity contribution in [3.63, 3.8) is 0 Å². The average Bonchev–Trinajstić information content (AvgIpc) is 2.89. The third-order valence-corrected chi connectivity index (χ3v) is 2.20. The normalized spacial score (nSPS) is 12.2. The molecule has 0 radical (unpaired) electrons. The van der Waals surface area contributed by atoms with E-state index in [2.05, 4.69) is 16.3 Å². The summed E-state index contributed by atoms with van der Waals surface area (Å²) in [5, 5.41) is 0.581. The number of halogens is 1. The van der Waals surface area contributed by atoms with Crippen LogP contribution in [-0.4, -0.2) is 24.7 Å². The van der Waals surface area contributed by atoms with E-state index in [0.29, 0.717) is 16.4 Å². The van der Waals surface area contributed by atoms with Gasteiger partial charge in [0.1, 0.15) is 5.76 Å². The Morgan fingerprint density at radius 2 is 2.32 bits per heavy atom. The van der Waals surface area contributed by atoms with E-state index in [0.717, 1.165) is 0 Å². The van der Waals surface area contributed by atoms with Crippen molar-refractivity contribution >= 4 is 23.1 Å². The van der Waals surface area contributed by atoms with Crippen LogP contribution in [-0.2, 0) is 14.3 Å². The minimum Gasteiger partial charge on any atom is -0.482 e. The van der Waals surface area contributed by atoms with E-state index in [-0.39, 0.29) is 12.4 Å². The van der Waals surface area contributed by atoms with Gasteiger partial charge in [-0.2, -0.15) is 0 Å². The second-order valence-corrected chi connectivity index (χ2v) is 4.08. The molecular formula is C13H14ClNO4. The highest BCUT2D eigenvalue weighted by atomic mass is 35.5. The van der Waals surface area contributed by atoms with E-state index in [1.807, 2.05) is 0 Å². The molecule has 0 saturated carbocycles. The van der Waals surface area contributed by atoms with Crippen LogP contribution in [0.15, 0.2) is 46.5 Å². The molecule has 0 bridgehead atoms. The van der Waals surface area contributed by atoms with Gasteiger partial charge in [0.2, 0.25) is 0 Å². The fourth-order valence-electron chi connectivity index (χ4n) is 1.14. The number of allylic oxidation sites excluding steroid dienone is 4. The quantitative estimate of drug-likeness (QED) is 0.456. The largest absolute Gasteiger partial charge is 0.482 e. The molecule has 0 aliphatic heterocycles. The van der Waals surface area contributed by atoms with E-state index >= 15 is 0 Å². The van der Waals surface area contributed by atoms with Crippen molar-refractivity contribution in [3.8, 4) is 0 Å². The topological polar surface area (TPSA) is 61.6 Å². The lowest BCUT2D eigenvalue weighted by Crippen LogP contribution is -2.10. The second-order valence-electron chi connectivity index (χ2n) is 3.49. The lowest BCUT2D eigenvalue weighted by molar-refractivity contribution is -0.144.